The maximum atomic E-state index is 13.2. The molecule has 150 valence electrons. The Morgan fingerprint density at radius 3 is 2.86 bits per heavy atom. The predicted molar refractivity (Wildman–Crippen MR) is 105 cm³/mol. The standard InChI is InChI=1S/C19H24N4O4S/c1-3-18(24)21-15-8-9-17(14(2)12-15)28(25,26)23-11-5-6-16(13-23)27-19-7-4-10-20-22-19/h4,7-10,12,16H,3,5-6,11,13H2,1-2H3,(H,21,24). The van der Waals surface area contributed by atoms with Crippen LogP contribution in [0.2, 0.25) is 0 Å². The fraction of sp³-hybridized carbons (Fsp3) is 0.421. The molecule has 2 heterocycles. The van der Waals surface area contributed by atoms with Crippen molar-refractivity contribution in [3.8, 4) is 5.88 Å². The normalized spacial score (nSPS) is 17.9. The fourth-order valence-corrected chi connectivity index (χ4v) is 4.86. The number of amides is 1. The number of benzene rings is 1. The Morgan fingerprint density at radius 1 is 1.36 bits per heavy atom. The van der Waals surface area contributed by atoms with Gasteiger partial charge < -0.3 is 10.1 Å². The second-order valence-corrected chi connectivity index (χ2v) is 8.60. The Labute approximate surface area is 165 Å². The van der Waals surface area contributed by atoms with Gasteiger partial charge in [0.2, 0.25) is 21.8 Å². The van der Waals surface area contributed by atoms with Crippen molar-refractivity contribution in [1.82, 2.24) is 14.5 Å². The molecule has 8 nitrogen and oxygen atoms in total. The van der Waals surface area contributed by atoms with Gasteiger partial charge in [-0.3, -0.25) is 4.79 Å². The average molecular weight is 404 g/mol. The van der Waals surface area contributed by atoms with E-state index in [9.17, 15) is 13.2 Å². The van der Waals surface area contributed by atoms with E-state index in [1.54, 1.807) is 50.4 Å². The Balaban J connectivity index is 1.75. The first kappa shape index (κ1) is 20.2. The third kappa shape index (κ3) is 4.66. The molecule has 2 aromatic rings. The molecule has 1 saturated heterocycles. The zero-order valence-corrected chi connectivity index (χ0v) is 16.8. The van der Waals surface area contributed by atoms with Crippen LogP contribution < -0.4 is 10.1 Å². The van der Waals surface area contributed by atoms with Gasteiger partial charge >= 0.3 is 0 Å². The lowest BCUT2D eigenvalue weighted by molar-refractivity contribution is -0.115. The number of piperidine rings is 1. The lowest BCUT2D eigenvalue weighted by atomic mass is 10.1. The summed E-state index contributed by atoms with van der Waals surface area (Å²) in [5, 5.41) is 10.4. The number of hydrogen-bond donors (Lipinski definition) is 1. The Morgan fingerprint density at radius 2 is 2.18 bits per heavy atom. The van der Waals surface area contributed by atoms with Crippen LogP contribution in [0.1, 0.15) is 31.7 Å². The molecule has 1 unspecified atom stereocenters. The number of aryl methyl sites for hydroxylation is 1. The van der Waals surface area contributed by atoms with Crippen LogP contribution in [0.5, 0.6) is 5.88 Å². The Kier molecular flexibility index (Phi) is 6.25. The summed E-state index contributed by atoms with van der Waals surface area (Å²) in [5.74, 6) is 0.272. The van der Waals surface area contributed by atoms with Crippen molar-refractivity contribution in [2.24, 2.45) is 0 Å². The van der Waals surface area contributed by atoms with Crippen LogP contribution in [0.3, 0.4) is 0 Å². The number of rotatable bonds is 6. The van der Waals surface area contributed by atoms with Gasteiger partial charge in [0, 0.05) is 30.9 Å². The molecular weight excluding hydrogens is 380 g/mol. The molecule has 1 aliphatic heterocycles. The van der Waals surface area contributed by atoms with E-state index in [2.05, 4.69) is 15.5 Å². The maximum absolute atomic E-state index is 13.2. The highest BCUT2D eigenvalue weighted by molar-refractivity contribution is 7.89. The maximum Gasteiger partial charge on any atom is 0.243 e. The van der Waals surface area contributed by atoms with Crippen molar-refractivity contribution in [3.63, 3.8) is 0 Å². The molecule has 28 heavy (non-hydrogen) atoms. The molecule has 1 N–H and O–H groups in total. The molecule has 0 saturated carbocycles. The highest BCUT2D eigenvalue weighted by Gasteiger charge is 2.32. The zero-order chi connectivity index (χ0) is 20.1. The quantitative estimate of drug-likeness (QED) is 0.793. The summed E-state index contributed by atoms with van der Waals surface area (Å²) >= 11 is 0. The minimum atomic E-state index is -3.66. The molecule has 1 aromatic heterocycles. The van der Waals surface area contributed by atoms with E-state index in [0.29, 0.717) is 36.5 Å². The summed E-state index contributed by atoms with van der Waals surface area (Å²) in [4.78, 5) is 11.8. The summed E-state index contributed by atoms with van der Waals surface area (Å²) in [6, 6.07) is 8.27. The van der Waals surface area contributed by atoms with E-state index >= 15 is 0 Å². The van der Waals surface area contributed by atoms with Crippen molar-refractivity contribution in [1.29, 1.82) is 0 Å². The fourth-order valence-electron chi connectivity index (χ4n) is 3.15. The van der Waals surface area contributed by atoms with Crippen LogP contribution >= 0.6 is 0 Å². The van der Waals surface area contributed by atoms with Crippen LogP contribution in [0, 0.1) is 6.92 Å². The number of carbonyl (C=O) groups is 1. The first-order valence-electron chi connectivity index (χ1n) is 9.25. The van der Waals surface area contributed by atoms with Crippen molar-refractivity contribution < 1.29 is 17.9 Å². The lowest BCUT2D eigenvalue weighted by Crippen LogP contribution is -2.44. The molecular formula is C19H24N4O4S. The largest absolute Gasteiger partial charge is 0.472 e. The number of nitrogens with zero attached hydrogens (tertiary/aromatic N) is 3. The van der Waals surface area contributed by atoms with Crippen LogP contribution in [-0.2, 0) is 14.8 Å². The van der Waals surface area contributed by atoms with Gasteiger partial charge in [-0.15, -0.1) is 5.10 Å². The third-order valence-electron chi connectivity index (χ3n) is 4.57. The zero-order valence-electron chi connectivity index (χ0n) is 16.0. The van der Waals surface area contributed by atoms with Crippen molar-refractivity contribution in [3.05, 3.63) is 42.1 Å². The predicted octanol–water partition coefficient (Wildman–Crippen LogP) is 2.37. The van der Waals surface area contributed by atoms with E-state index in [1.165, 1.54) is 4.31 Å². The topological polar surface area (TPSA) is 101 Å². The van der Waals surface area contributed by atoms with Gasteiger partial charge in [0.05, 0.1) is 11.4 Å². The third-order valence-corrected chi connectivity index (χ3v) is 6.60. The second kappa shape index (κ2) is 8.66. The first-order valence-corrected chi connectivity index (χ1v) is 10.7. The molecule has 1 fully saturated rings. The van der Waals surface area contributed by atoms with Crippen LogP contribution in [0.25, 0.3) is 0 Å². The number of carbonyl (C=O) groups excluding carboxylic acids is 1. The molecule has 1 atom stereocenters. The number of hydrogen-bond acceptors (Lipinski definition) is 6. The van der Waals surface area contributed by atoms with Crippen LogP contribution in [0.4, 0.5) is 5.69 Å². The van der Waals surface area contributed by atoms with Gasteiger partial charge in [0.15, 0.2) is 0 Å². The van der Waals surface area contributed by atoms with Gasteiger partial charge in [0.1, 0.15) is 6.10 Å². The summed E-state index contributed by atoms with van der Waals surface area (Å²) in [7, 11) is -3.66. The van der Waals surface area contributed by atoms with E-state index in [0.717, 1.165) is 6.42 Å². The second-order valence-electron chi connectivity index (χ2n) is 6.69. The first-order chi connectivity index (χ1) is 13.4. The SMILES string of the molecule is CCC(=O)Nc1ccc(S(=O)(=O)N2CCCC(Oc3cccnn3)C2)c(C)c1. The molecule has 0 bridgehead atoms. The molecule has 3 rings (SSSR count). The van der Waals surface area contributed by atoms with E-state index in [1.807, 2.05) is 0 Å². The summed E-state index contributed by atoms with van der Waals surface area (Å²) in [5.41, 5.74) is 1.18. The number of ether oxygens (including phenoxy) is 1. The number of nitrogens with one attached hydrogen (secondary N) is 1. The minimum absolute atomic E-state index is 0.116. The molecule has 0 aliphatic carbocycles. The van der Waals surface area contributed by atoms with Gasteiger partial charge in [-0.1, -0.05) is 6.92 Å². The van der Waals surface area contributed by atoms with E-state index in [4.69, 9.17) is 4.74 Å². The molecule has 9 heteroatoms. The Hall–Kier alpha value is -2.52. The highest BCUT2D eigenvalue weighted by Crippen LogP contribution is 2.26. The van der Waals surface area contributed by atoms with Gasteiger partial charge in [-0.05, 0) is 49.6 Å². The smallest absolute Gasteiger partial charge is 0.243 e. The summed E-state index contributed by atoms with van der Waals surface area (Å²) < 4.78 is 33.5. The van der Waals surface area contributed by atoms with Gasteiger partial charge in [0.25, 0.3) is 0 Å². The molecule has 1 aromatic carbocycles. The number of anilines is 1. The van der Waals surface area contributed by atoms with Crippen molar-refractivity contribution in [2.75, 3.05) is 18.4 Å². The van der Waals surface area contributed by atoms with Crippen LogP contribution in [0.15, 0.2) is 41.4 Å². The van der Waals surface area contributed by atoms with E-state index < -0.39 is 10.0 Å². The Bertz CT molecular complexity index is 934. The van der Waals surface area contributed by atoms with Gasteiger partial charge in [-0.25, -0.2) is 8.42 Å². The number of sulfonamides is 1. The molecule has 1 aliphatic rings. The van der Waals surface area contributed by atoms with Crippen LogP contribution in [-0.4, -0.2) is 48.0 Å². The van der Waals surface area contributed by atoms with E-state index in [-0.39, 0.29) is 23.5 Å². The average Bonchev–Trinajstić information content (AvgIpc) is 2.68. The molecule has 0 spiro atoms. The van der Waals surface area contributed by atoms with Gasteiger partial charge in [-0.2, -0.15) is 9.40 Å². The molecule has 0 radical (unpaired) electrons. The lowest BCUT2D eigenvalue weighted by Gasteiger charge is -2.32. The molecule has 1 amide bonds. The highest BCUT2D eigenvalue weighted by atomic mass is 32.2. The summed E-state index contributed by atoms with van der Waals surface area (Å²) in [6.07, 6.45) is 3.10. The van der Waals surface area contributed by atoms with Crippen molar-refractivity contribution >= 4 is 21.6 Å². The monoisotopic (exact) mass is 404 g/mol. The van der Waals surface area contributed by atoms with Crippen molar-refractivity contribution in [2.45, 2.75) is 44.1 Å². The summed E-state index contributed by atoms with van der Waals surface area (Å²) in [6.45, 7) is 4.19. The number of aromatic nitrogens is 2. The minimum Gasteiger partial charge on any atom is -0.472 e.